The summed E-state index contributed by atoms with van der Waals surface area (Å²) >= 11 is 0. The van der Waals surface area contributed by atoms with E-state index in [0.717, 1.165) is 57.0 Å². The van der Waals surface area contributed by atoms with Gasteiger partial charge in [-0.05, 0) is 60.0 Å². The van der Waals surface area contributed by atoms with Crippen LogP contribution in [-0.2, 0) is 9.53 Å². The molecule has 174 valence electrons. The minimum atomic E-state index is -0.353. The Morgan fingerprint density at radius 2 is 1.79 bits per heavy atom. The Morgan fingerprint density at radius 3 is 2.39 bits per heavy atom. The van der Waals surface area contributed by atoms with Crippen LogP contribution in [0.4, 0.5) is 5.69 Å². The quantitative estimate of drug-likeness (QED) is 0.248. The lowest BCUT2D eigenvalue weighted by Gasteiger charge is -2.36. The highest BCUT2D eigenvalue weighted by Gasteiger charge is 2.17. The van der Waals surface area contributed by atoms with Crippen molar-refractivity contribution in [2.24, 2.45) is 5.73 Å². The zero-order valence-electron chi connectivity index (χ0n) is 18.9. The van der Waals surface area contributed by atoms with Crippen LogP contribution in [0.15, 0.2) is 66.8 Å². The van der Waals surface area contributed by atoms with Crippen molar-refractivity contribution in [1.82, 2.24) is 15.2 Å². The van der Waals surface area contributed by atoms with Crippen molar-refractivity contribution in [3.63, 3.8) is 0 Å². The summed E-state index contributed by atoms with van der Waals surface area (Å²) in [6, 6.07) is 11.0. The number of carbonyl (C=O) groups is 2. The zero-order valence-corrected chi connectivity index (χ0v) is 18.9. The number of anilines is 1. The Kier molecular flexibility index (Phi) is 9.17. The van der Waals surface area contributed by atoms with Gasteiger partial charge in [-0.1, -0.05) is 0 Å². The van der Waals surface area contributed by atoms with Gasteiger partial charge in [0.15, 0.2) is 6.29 Å². The first kappa shape index (κ1) is 24.2. The van der Waals surface area contributed by atoms with Crippen molar-refractivity contribution >= 4 is 23.5 Å². The standard InChI is InChI=1S/C25H31N5O3/c1-33-16-2-11-29-12-14-30(15-13-29)24-5-3-21(4-6-24)25(32)28-23(19-31)17-22(18-26)20-7-9-27-10-8-20/h3-10,17-19H,2,11-16,26H2,1H3,(H,28,32)/b22-18+,23-17+. The van der Waals surface area contributed by atoms with Crippen LogP contribution in [0.25, 0.3) is 5.57 Å². The molecule has 1 aromatic heterocycles. The fourth-order valence-electron chi connectivity index (χ4n) is 3.73. The molecule has 33 heavy (non-hydrogen) atoms. The first-order valence-corrected chi connectivity index (χ1v) is 11.0. The van der Waals surface area contributed by atoms with Gasteiger partial charge < -0.3 is 20.7 Å². The highest BCUT2D eigenvalue weighted by molar-refractivity contribution is 5.99. The van der Waals surface area contributed by atoms with Gasteiger partial charge in [-0.2, -0.15) is 0 Å². The molecule has 1 amide bonds. The fraction of sp³-hybridized carbons (Fsp3) is 0.320. The third kappa shape index (κ3) is 7.00. The van der Waals surface area contributed by atoms with Crippen LogP contribution in [0.2, 0.25) is 0 Å². The van der Waals surface area contributed by atoms with Crippen LogP contribution in [0, 0.1) is 0 Å². The number of hydrogen-bond acceptors (Lipinski definition) is 7. The molecule has 0 spiro atoms. The monoisotopic (exact) mass is 449 g/mol. The topological polar surface area (TPSA) is 101 Å². The predicted octanol–water partition coefficient (Wildman–Crippen LogP) is 2.05. The van der Waals surface area contributed by atoms with Crippen molar-refractivity contribution < 1.29 is 14.3 Å². The van der Waals surface area contributed by atoms with E-state index >= 15 is 0 Å². The summed E-state index contributed by atoms with van der Waals surface area (Å²) in [5.74, 6) is -0.353. The molecule has 0 atom stereocenters. The Hall–Kier alpha value is -3.49. The molecule has 8 nitrogen and oxygen atoms in total. The lowest BCUT2D eigenvalue weighted by atomic mass is 10.1. The normalized spacial score (nSPS) is 15.4. The summed E-state index contributed by atoms with van der Waals surface area (Å²) < 4.78 is 5.13. The lowest BCUT2D eigenvalue weighted by Crippen LogP contribution is -2.46. The average molecular weight is 450 g/mol. The van der Waals surface area contributed by atoms with Gasteiger partial charge >= 0.3 is 0 Å². The van der Waals surface area contributed by atoms with Crippen LogP contribution >= 0.6 is 0 Å². The van der Waals surface area contributed by atoms with Gasteiger partial charge in [-0.15, -0.1) is 0 Å². The van der Waals surface area contributed by atoms with E-state index in [9.17, 15) is 9.59 Å². The second-order valence-corrected chi connectivity index (χ2v) is 7.75. The number of aromatic nitrogens is 1. The smallest absolute Gasteiger partial charge is 0.255 e. The third-order valence-corrected chi connectivity index (χ3v) is 5.58. The van der Waals surface area contributed by atoms with Gasteiger partial charge in [-0.25, -0.2) is 0 Å². The lowest BCUT2D eigenvalue weighted by molar-refractivity contribution is -0.105. The number of nitrogens with one attached hydrogen (secondary N) is 1. The summed E-state index contributed by atoms with van der Waals surface area (Å²) in [6.07, 6.45) is 7.84. The van der Waals surface area contributed by atoms with Gasteiger partial charge in [0.25, 0.3) is 5.91 Å². The molecule has 1 aliphatic heterocycles. The number of pyridine rings is 1. The van der Waals surface area contributed by atoms with E-state index in [4.69, 9.17) is 10.5 Å². The molecule has 1 aromatic carbocycles. The van der Waals surface area contributed by atoms with Crippen molar-refractivity contribution in [3.05, 3.63) is 77.9 Å². The second kappa shape index (κ2) is 12.5. The maximum atomic E-state index is 12.7. The minimum Gasteiger partial charge on any atom is -0.404 e. The Balaban J connectivity index is 1.58. The van der Waals surface area contributed by atoms with E-state index in [1.807, 2.05) is 12.1 Å². The number of nitrogens with two attached hydrogens (primary N) is 1. The number of aldehydes is 1. The molecule has 1 saturated heterocycles. The minimum absolute atomic E-state index is 0.127. The van der Waals surface area contributed by atoms with Crippen LogP contribution in [0.3, 0.4) is 0 Å². The van der Waals surface area contributed by atoms with Gasteiger partial charge in [-0.3, -0.25) is 19.5 Å². The van der Waals surface area contributed by atoms with Crippen molar-refractivity contribution in [2.45, 2.75) is 6.42 Å². The molecule has 0 saturated carbocycles. The molecule has 2 aromatic rings. The molecule has 0 aliphatic carbocycles. The number of benzene rings is 1. The summed E-state index contributed by atoms with van der Waals surface area (Å²) in [4.78, 5) is 33.0. The first-order valence-electron chi connectivity index (χ1n) is 11.0. The molecule has 0 unspecified atom stereocenters. The van der Waals surface area contributed by atoms with E-state index in [2.05, 4.69) is 20.1 Å². The van der Waals surface area contributed by atoms with Crippen molar-refractivity contribution in [2.75, 3.05) is 51.3 Å². The molecule has 1 fully saturated rings. The number of amides is 1. The van der Waals surface area contributed by atoms with E-state index in [-0.39, 0.29) is 11.6 Å². The van der Waals surface area contributed by atoms with Crippen LogP contribution in [-0.4, -0.2) is 68.5 Å². The molecule has 1 aliphatic rings. The largest absolute Gasteiger partial charge is 0.404 e. The average Bonchev–Trinajstić information content (AvgIpc) is 2.87. The number of rotatable bonds is 10. The predicted molar refractivity (Wildman–Crippen MR) is 130 cm³/mol. The van der Waals surface area contributed by atoms with E-state index in [0.29, 0.717) is 17.4 Å². The Bertz CT molecular complexity index is 965. The second-order valence-electron chi connectivity index (χ2n) is 7.75. The first-order chi connectivity index (χ1) is 16.1. The molecule has 3 rings (SSSR count). The van der Waals surface area contributed by atoms with E-state index < -0.39 is 0 Å². The van der Waals surface area contributed by atoms with Gasteiger partial charge in [0.2, 0.25) is 0 Å². The molecule has 3 N–H and O–H groups in total. The molecule has 0 radical (unpaired) electrons. The number of piperazine rings is 1. The molecular formula is C25H31N5O3. The van der Waals surface area contributed by atoms with E-state index in [1.165, 1.54) is 6.20 Å². The summed E-state index contributed by atoms with van der Waals surface area (Å²) in [5.41, 5.74) is 8.80. The summed E-state index contributed by atoms with van der Waals surface area (Å²) in [6.45, 7) is 5.75. The number of hydrogen-bond donors (Lipinski definition) is 2. The number of carbonyl (C=O) groups excluding carboxylic acids is 2. The van der Waals surface area contributed by atoms with Crippen molar-refractivity contribution in [1.29, 1.82) is 0 Å². The molecular weight excluding hydrogens is 418 g/mol. The number of allylic oxidation sites excluding steroid dienone is 3. The van der Waals surface area contributed by atoms with Gasteiger partial charge in [0.05, 0.1) is 5.70 Å². The maximum absolute atomic E-state index is 12.7. The Morgan fingerprint density at radius 1 is 1.09 bits per heavy atom. The van der Waals surface area contributed by atoms with Crippen LogP contribution in [0.1, 0.15) is 22.3 Å². The number of ether oxygens (including phenoxy) is 1. The van der Waals surface area contributed by atoms with Crippen LogP contribution in [0.5, 0.6) is 0 Å². The highest BCUT2D eigenvalue weighted by Crippen LogP contribution is 2.18. The maximum Gasteiger partial charge on any atom is 0.255 e. The zero-order chi connectivity index (χ0) is 23.5. The highest BCUT2D eigenvalue weighted by atomic mass is 16.5. The van der Waals surface area contributed by atoms with Gasteiger partial charge in [0.1, 0.15) is 0 Å². The Labute approximate surface area is 194 Å². The molecule has 2 heterocycles. The van der Waals surface area contributed by atoms with E-state index in [1.54, 1.807) is 49.8 Å². The van der Waals surface area contributed by atoms with Gasteiger partial charge in [0, 0.05) is 76.3 Å². The fourth-order valence-corrected chi connectivity index (χ4v) is 3.73. The molecule has 0 bridgehead atoms. The SMILES string of the molecule is COCCCN1CCN(c2ccc(C(=O)N/C(C=O)=C/C(=C\N)c3ccncc3)cc2)CC1. The number of nitrogens with zero attached hydrogens (tertiary/aromatic N) is 3. The third-order valence-electron chi connectivity index (χ3n) is 5.58. The van der Waals surface area contributed by atoms with Crippen molar-refractivity contribution in [3.8, 4) is 0 Å². The molecule has 8 heteroatoms. The summed E-state index contributed by atoms with van der Waals surface area (Å²) in [5, 5.41) is 2.66. The summed E-state index contributed by atoms with van der Waals surface area (Å²) in [7, 11) is 1.73. The number of methoxy groups -OCH3 is 1. The van der Waals surface area contributed by atoms with Crippen LogP contribution < -0.4 is 16.0 Å².